The number of amidine groups is 1. The molecule has 1 aliphatic heterocycles. The van der Waals surface area contributed by atoms with E-state index in [0.29, 0.717) is 12.1 Å². The van der Waals surface area contributed by atoms with Crippen LogP contribution in [-0.2, 0) is 0 Å². The second-order valence-corrected chi connectivity index (χ2v) is 6.19. The van der Waals surface area contributed by atoms with Crippen LogP contribution in [0.5, 0.6) is 0 Å². The van der Waals surface area contributed by atoms with Crippen LogP contribution in [0.1, 0.15) is 25.5 Å². The zero-order chi connectivity index (χ0) is 13.7. The van der Waals surface area contributed by atoms with Crippen molar-refractivity contribution in [1.29, 1.82) is 0 Å². The van der Waals surface area contributed by atoms with E-state index in [0.717, 1.165) is 24.0 Å². The molecule has 3 nitrogen and oxygen atoms in total. The molecular weight excluding hydrogens is 254 g/mol. The molecule has 0 radical (unpaired) electrons. The third-order valence-corrected chi connectivity index (χ3v) is 4.50. The largest absolute Gasteiger partial charge is 0.357 e. The fourth-order valence-corrected chi connectivity index (χ4v) is 2.93. The van der Waals surface area contributed by atoms with Crippen molar-refractivity contribution in [2.24, 2.45) is 4.99 Å². The molecule has 1 aliphatic rings. The van der Waals surface area contributed by atoms with Crippen LogP contribution in [0.2, 0.25) is 0 Å². The molecule has 0 bridgehead atoms. The zero-order valence-electron chi connectivity index (χ0n) is 12.0. The van der Waals surface area contributed by atoms with Crippen LogP contribution in [0.15, 0.2) is 35.3 Å². The summed E-state index contributed by atoms with van der Waals surface area (Å²) in [7, 11) is 2.15. The SMILES string of the molecule is CC(C)N(C)CCN=C1NC(c2ccccc2)CS1. The van der Waals surface area contributed by atoms with Crippen LogP contribution < -0.4 is 5.32 Å². The van der Waals surface area contributed by atoms with Crippen molar-refractivity contribution in [2.75, 3.05) is 25.9 Å². The number of aliphatic imine (C=N–C) groups is 1. The third-order valence-electron chi connectivity index (χ3n) is 3.48. The number of thioether (sulfide) groups is 1. The summed E-state index contributed by atoms with van der Waals surface area (Å²) in [5.41, 5.74) is 1.35. The molecule has 1 aromatic rings. The van der Waals surface area contributed by atoms with Crippen molar-refractivity contribution in [3.8, 4) is 0 Å². The highest BCUT2D eigenvalue weighted by atomic mass is 32.2. The summed E-state index contributed by atoms with van der Waals surface area (Å²) in [5, 5.41) is 4.59. The van der Waals surface area contributed by atoms with Gasteiger partial charge in [0.05, 0.1) is 12.6 Å². The van der Waals surface area contributed by atoms with Gasteiger partial charge >= 0.3 is 0 Å². The molecular formula is C15H23N3S. The van der Waals surface area contributed by atoms with E-state index >= 15 is 0 Å². The fraction of sp³-hybridized carbons (Fsp3) is 0.533. The van der Waals surface area contributed by atoms with Gasteiger partial charge in [-0.05, 0) is 26.5 Å². The Balaban J connectivity index is 1.82. The van der Waals surface area contributed by atoms with Gasteiger partial charge in [0.15, 0.2) is 5.17 Å². The number of hydrogen-bond donors (Lipinski definition) is 1. The average molecular weight is 277 g/mol. The number of hydrogen-bond acceptors (Lipinski definition) is 3. The van der Waals surface area contributed by atoms with Crippen LogP contribution in [0.25, 0.3) is 0 Å². The Morgan fingerprint density at radius 1 is 1.37 bits per heavy atom. The molecule has 1 atom stereocenters. The van der Waals surface area contributed by atoms with E-state index in [1.807, 2.05) is 11.8 Å². The van der Waals surface area contributed by atoms with Gasteiger partial charge in [-0.2, -0.15) is 0 Å². The topological polar surface area (TPSA) is 27.6 Å². The van der Waals surface area contributed by atoms with Crippen molar-refractivity contribution < 1.29 is 0 Å². The second-order valence-electron chi connectivity index (χ2n) is 5.18. The Morgan fingerprint density at radius 2 is 2.11 bits per heavy atom. The van der Waals surface area contributed by atoms with Gasteiger partial charge in [0.2, 0.25) is 0 Å². The normalized spacial score (nSPS) is 21.3. The summed E-state index contributed by atoms with van der Waals surface area (Å²) >= 11 is 1.83. The van der Waals surface area contributed by atoms with E-state index in [-0.39, 0.29) is 0 Å². The number of rotatable bonds is 5. The van der Waals surface area contributed by atoms with Crippen molar-refractivity contribution in [2.45, 2.75) is 25.9 Å². The second kappa shape index (κ2) is 6.96. The average Bonchev–Trinajstić information content (AvgIpc) is 2.88. The number of likely N-dealkylation sites (N-methyl/N-ethyl adjacent to an activating group) is 1. The maximum atomic E-state index is 4.65. The minimum atomic E-state index is 0.410. The van der Waals surface area contributed by atoms with Crippen molar-refractivity contribution in [1.82, 2.24) is 10.2 Å². The number of nitrogens with one attached hydrogen (secondary N) is 1. The Hall–Kier alpha value is -1.00. The van der Waals surface area contributed by atoms with Crippen LogP contribution >= 0.6 is 11.8 Å². The quantitative estimate of drug-likeness (QED) is 0.897. The zero-order valence-corrected chi connectivity index (χ0v) is 12.8. The number of nitrogens with zero attached hydrogens (tertiary/aromatic N) is 2. The van der Waals surface area contributed by atoms with Crippen LogP contribution in [0.4, 0.5) is 0 Å². The third kappa shape index (κ3) is 4.25. The van der Waals surface area contributed by atoms with Gasteiger partial charge in [-0.1, -0.05) is 42.1 Å². The molecule has 1 fully saturated rings. The molecule has 1 saturated heterocycles. The highest BCUT2D eigenvalue weighted by Gasteiger charge is 2.21. The van der Waals surface area contributed by atoms with E-state index in [2.05, 4.69) is 66.4 Å². The summed E-state index contributed by atoms with van der Waals surface area (Å²) in [6, 6.07) is 11.6. The summed E-state index contributed by atoms with van der Waals surface area (Å²) in [6.07, 6.45) is 0. The van der Waals surface area contributed by atoms with Gasteiger partial charge in [-0.25, -0.2) is 0 Å². The van der Waals surface area contributed by atoms with Gasteiger partial charge in [0.25, 0.3) is 0 Å². The van der Waals surface area contributed by atoms with Gasteiger partial charge < -0.3 is 10.2 Å². The van der Waals surface area contributed by atoms with E-state index in [4.69, 9.17) is 0 Å². The standard InChI is InChI=1S/C15H23N3S/c1-12(2)18(3)10-9-16-15-17-14(11-19-15)13-7-5-4-6-8-13/h4-8,12,14H,9-11H2,1-3H3,(H,16,17). The molecule has 4 heteroatoms. The van der Waals surface area contributed by atoms with Gasteiger partial charge in [-0.15, -0.1) is 0 Å². The number of benzene rings is 1. The minimum Gasteiger partial charge on any atom is -0.357 e. The maximum Gasteiger partial charge on any atom is 0.157 e. The lowest BCUT2D eigenvalue weighted by atomic mass is 10.1. The molecule has 19 heavy (non-hydrogen) atoms. The lowest BCUT2D eigenvalue weighted by Crippen LogP contribution is -2.29. The highest BCUT2D eigenvalue weighted by molar-refractivity contribution is 8.14. The molecule has 1 unspecified atom stereocenters. The molecule has 104 valence electrons. The molecule has 1 aromatic carbocycles. The monoisotopic (exact) mass is 277 g/mol. The molecule has 0 spiro atoms. The summed E-state index contributed by atoms with van der Waals surface area (Å²) < 4.78 is 0. The lowest BCUT2D eigenvalue weighted by Gasteiger charge is -2.19. The first-order chi connectivity index (χ1) is 9.16. The van der Waals surface area contributed by atoms with Crippen LogP contribution in [0, 0.1) is 0 Å². The van der Waals surface area contributed by atoms with E-state index in [1.165, 1.54) is 5.56 Å². The maximum absolute atomic E-state index is 4.65. The molecule has 0 aliphatic carbocycles. The Bertz CT molecular complexity index is 417. The summed E-state index contributed by atoms with van der Waals surface area (Å²) in [5.74, 6) is 1.07. The first kappa shape index (κ1) is 14.4. The van der Waals surface area contributed by atoms with Crippen LogP contribution in [0.3, 0.4) is 0 Å². The molecule has 1 N–H and O–H groups in total. The van der Waals surface area contributed by atoms with Gasteiger partial charge in [0, 0.05) is 18.3 Å². The first-order valence-corrected chi connectivity index (χ1v) is 7.84. The molecule has 0 aromatic heterocycles. The Morgan fingerprint density at radius 3 is 2.79 bits per heavy atom. The summed E-state index contributed by atoms with van der Waals surface area (Å²) in [4.78, 5) is 6.97. The molecule has 2 rings (SSSR count). The lowest BCUT2D eigenvalue weighted by molar-refractivity contribution is 0.282. The van der Waals surface area contributed by atoms with E-state index in [9.17, 15) is 0 Å². The smallest absolute Gasteiger partial charge is 0.157 e. The Kier molecular flexibility index (Phi) is 5.28. The fourth-order valence-electron chi connectivity index (χ4n) is 1.92. The van der Waals surface area contributed by atoms with Crippen molar-refractivity contribution in [3.05, 3.63) is 35.9 Å². The highest BCUT2D eigenvalue weighted by Crippen LogP contribution is 2.25. The van der Waals surface area contributed by atoms with E-state index < -0.39 is 0 Å². The van der Waals surface area contributed by atoms with Crippen molar-refractivity contribution >= 4 is 16.9 Å². The predicted molar refractivity (Wildman–Crippen MR) is 84.8 cm³/mol. The predicted octanol–water partition coefficient (Wildman–Crippen LogP) is 2.76. The van der Waals surface area contributed by atoms with Gasteiger partial charge in [0.1, 0.15) is 0 Å². The summed E-state index contributed by atoms with van der Waals surface area (Å²) in [6.45, 7) is 6.30. The van der Waals surface area contributed by atoms with E-state index in [1.54, 1.807) is 0 Å². The van der Waals surface area contributed by atoms with Gasteiger partial charge in [-0.3, -0.25) is 4.99 Å². The minimum absolute atomic E-state index is 0.410. The Labute approximate surface area is 120 Å². The van der Waals surface area contributed by atoms with Crippen molar-refractivity contribution in [3.63, 3.8) is 0 Å². The van der Waals surface area contributed by atoms with Crippen LogP contribution in [-0.4, -0.2) is 42.0 Å². The first-order valence-electron chi connectivity index (χ1n) is 6.86. The molecule has 0 saturated carbocycles. The molecule has 1 heterocycles. The molecule has 0 amide bonds.